The number of carboxylic acid groups (broad SMARTS) is 1. The van der Waals surface area contributed by atoms with Crippen LogP contribution in [0, 0.1) is 0 Å². The van der Waals surface area contributed by atoms with E-state index < -0.39 is 5.97 Å². The van der Waals surface area contributed by atoms with Gasteiger partial charge in [-0.15, -0.1) is 0 Å². The summed E-state index contributed by atoms with van der Waals surface area (Å²) in [5, 5.41) is 9.57. The Balaban J connectivity index is 2.38. The third-order valence-electron chi connectivity index (χ3n) is 2.72. The Hall–Kier alpha value is -2.28. The van der Waals surface area contributed by atoms with Gasteiger partial charge in [0.2, 0.25) is 0 Å². The van der Waals surface area contributed by atoms with E-state index in [9.17, 15) is 14.7 Å². The molecular formula is C14H15N3O3S. The highest BCUT2D eigenvalue weighted by atomic mass is 32.2. The van der Waals surface area contributed by atoms with Crippen LogP contribution in [0.2, 0.25) is 0 Å². The molecule has 0 spiro atoms. The summed E-state index contributed by atoms with van der Waals surface area (Å²) in [5.41, 5.74) is 6.50. The fourth-order valence-corrected chi connectivity index (χ4v) is 2.74. The molecule has 1 heterocycles. The molecule has 7 heteroatoms. The predicted octanol–water partition coefficient (Wildman–Crippen LogP) is 2.15. The van der Waals surface area contributed by atoms with Gasteiger partial charge in [0.1, 0.15) is 0 Å². The van der Waals surface area contributed by atoms with Crippen LogP contribution < -0.4 is 11.3 Å². The van der Waals surface area contributed by atoms with Crippen molar-refractivity contribution in [1.82, 2.24) is 9.97 Å². The lowest BCUT2D eigenvalue weighted by Crippen LogP contribution is -2.10. The van der Waals surface area contributed by atoms with Gasteiger partial charge in [-0.2, -0.15) is 0 Å². The first-order valence-corrected chi connectivity index (χ1v) is 7.22. The van der Waals surface area contributed by atoms with Crippen molar-refractivity contribution in [2.24, 2.45) is 0 Å². The highest BCUT2D eigenvalue weighted by Gasteiger charge is 2.13. The van der Waals surface area contributed by atoms with E-state index in [0.717, 1.165) is 18.2 Å². The number of hydrogen-bond acceptors (Lipinski definition) is 5. The third-order valence-corrected chi connectivity index (χ3v) is 3.68. The summed E-state index contributed by atoms with van der Waals surface area (Å²) < 4.78 is 0. The van der Waals surface area contributed by atoms with Crippen molar-refractivity contribution in [2.45, 2.75) is 29.8 Å². The number of carboxylic acids is 1. The van der Waals surface area contributed by atoms with Gasteiger partial charge in [-0.1, -0.05) is 25.1 Å². The fraction of sp³-hybridized carbons (Fsp3) is 0.214. The van der Waals surface area contributed by atoms with Crippen molar-refractivity contribution in [2.75, 3.05) is 5.73 Å². The summed E-state index contributed by atoms with van der Waals surface area (Å²) in [7, 11) is 0. The number of aromatic carboxylic acids is 1. The second-order valence-corrected chi connectivity index (χ2v) is 5.49. The van der Waals surface area contributed by atoms with Gasteiger partial charge in [0, 0.05) is 22.3 Å². The molecule has 0 radical (unpaired) electrons. The molecule has 2 rings (SSSR count). The number of nitrogen functional groups attached to an aromatic ring is 1. The minimum absolute atomic E-state index is 0.0866. The molecule has 0 saturated carbocycles. The average Bonchev–Trinajstić information content (AvgIpc) is 2.40. The first-order valence-electron chi connectivity index (χ1n) is 6.40. The normalized spacial score (nSPS) is 10.5. The molecule has 0 atom stereocenters. The van der Waals surface area contributed by atoms with Crippen LogP contribution in [0.3, 0.4) is 0 Å². The summed E-state index contributed by atoms with van der Waals surface area (Å²) in [6.07, 6.45) is 1.58. The van der Waals surface area contributed by atoms with E-state index in [2.05, 4.69) is 9.97 Å². The highest BCUT2D eigenvalue weighted by Crippen LogP contribution is 2.29. The molecule has 4 N–H and O–H groups in total. The predicted molar refractivity (Wildman–Crippen MR) is 80.8 cm³/mol. The lowest BCUT2D eigenvalue weighted by Gasteiger charge is -2.07. The largest absolute Gasteiger partial charge is 0.478 e. The number of aromatic amines is 1. The first-order chi connectivity index (χ1) is 9.99. The molecule has 110 valence electrons. The maximum absolute atomic E-state index is 11.6. The van der Waals surface area contributed by atoms with Crippen LogP contribution >= 0.6 is 11.8 Å². The van der Waals surface area contributed by atoms with Crippen LogP contribution in [0.25, 0.3) is 0 Å². The van der Waals surface area contributed by atoms with Crippen LogP contribution in [-0.2, 0) is 6.42 Å². The van der Waals surface area contributed by atoms with E-state index in [1.165, 1.54) is 12.1 Å². The molecule has 0 saturated heterocycles. The Morgan fingerprint density at radius 1 is 1.43 bits per heavy atom. The number of benzene rings is 1. The lowest BCUT2D eigenvalue weighted by molar-refractivity contribution is 0.0693. The standard InChI is InChI=1S/C14H15N3O3S/c1-2-3-9-7-12(18)17-14(16-9)21-11-5-4-8(15)6-10(11)13(19)20/h4-7H,2-3,15H2,1H3,(H,19,20)(H,16,17,18). The van der Waals surface area contributed by atoms with E-state index in [1.807, 2.05) is 6.92 Å². The monoisotopic (exact) mass is 305 g/mol. The molecule has 6 nitrogen and oxygen atoms in total. The van der Waals surface area contributed by atoms with Gasteiger partial charge in [-0.3, -0.25) is 4.79 Å². The van der Waals surface area contributed by atoms with E-state index in [1.54, 1.807) is 12.1 Å². The SMILES string of the molecule is CCCc1cc(=O)[nH]c(Sc2ccc(N)cc2C(=O)O)n1. The number of nitrogens with two attached hydrogens (primary N) is 1. The van der Waals surface area contributed by atoms with Gasteiger partial charge in [0.05, 0.1) is 5.56 Å². The van der Waals surface area contributed by atoms with E-state index in [-0.39, 0.29) is 11.1 Å². The summed E-state index contributed by atoms with van der Waals surface area (Å²) in [6, 6.07) is 6.06. The zero-order valence-corrected chi connectivity index (χ0v) is 12.2. The van der Waals surface area contributed by atoms with Gasteiger partial charge >= 0.3 is 5.97 Å². The minimum atomic E-state index is -1.07. The quantitative estimate of drug-likeness (QED) is 0.577. The lowest BCUT2D eigenvalue weighted by atomic mass is 10.2. The summed E-state index contributed by atoms with van der Waals surface area (Å²) in [5.74, 6) is -1.07. The van der Waals surface area contributed by atoms with Crippen molar-refractivity contribution in [3.63, 3.8) is 0 Å². The molecule has 0 aliphatic rings. The average molecular weight is 305 g/mol. The van der Waals surface area contributed by atoms with Crippen LogP contribution in [-0.4, -0.2) is 21.0 Å². The first kappa shape index (κ1) is 15.1. The number of aromatic nitrogens is 2. The summed E-state index contributed by atoms with van der Waals surface area (Å²) in [4.78, 5) is 30.3. The molecule has 1 aromatic carbocycles. The van der Waals surface area contributed by atoms with Crippen molar-refractivity contribution in [3.8, 4) is 0 Å². The van der Waals surface area contributed by atoms with Crippen molar-refractivity contribution >= 4 is 23.4 Å². The van der Waals surface area contributed by atoms with Gasteiger partial charge < -0.3 is 15.8 Å². The zero-order chi connectivity index (χ0) is 15.4. The van der Waals surface area contributed by atoms with E-state index >= 15 is 0 Å². The maximum Gasteiger partial charge on any atom is 0.336 e. The van der Waals surface area contributed by atoms with Gasteiger partial charge in [-0.25, -0.2) is 9.78 Å². The van der Waals surface area contributed by atoms with Crippen molar-refractivity contribution in [3.05, 3.63) is 45.9 Å². The van der Waals surface area contributed by atoms with Gasteiger partial charge in [0.25, 0.3) is 5.56 Å². The van der Waals surface area contributed by atoms with Gasteiger partial charge in [-0.05, 0) is 24.6 Å². The Morgan fingerprint density at radius 3 is 2.86 bits per heavy atom. The third kappa shape index (κ3) is 3.85. The van der Waals surface area contributed by atoms with Crippen LogP contribution in [0.4, 0.5) is 5.69 Å². The second-order valence-electron chi connectivity index (χ2n) is 4.45. The van der Waals surface area contributed by atoms with E-state index in [4.69, 9.17) is 5.73 Å². The maximum atomic E-state index is 11.6. The van der Waals surface area contributed by atoms with Crippen LogP contribution in [0.5, 0.6) is 0 Å². The Bertz CT molecular complexity index is 728. The number of nitrogens with one attached hydrogen (secondary N) is 1. The fourth-order valence-electron chi connectivity index (χ4n) is 1.82. The van der Waals surface area contributed by atoms with Crippen LogP contribution in [0.1, 0.15) is 29.4 Å². The molecule has 0 amide bonds. The molecule has 2 aromatic rings. The Morgan fingerprint density at radius 2 is 2.19 bits per heavy atom. The number of H-pyrrole nitrogens is 1. The number of rotatable bonds is 5. The molecular weight excluding hydrogens is 290 g/mol. The minimum Gasteiger partial charge on any atom is -0.478 e. The van der Waals surface area contributed by atoms with Crippen molar-refractivity contribution < 1.29 is 9.90 Å². The van der Waals surface area contributed by atoms with E-state index in [0.29, 0.717) is 27.9 Å². The molecule has 1 aromatic heterocycles. The summed E-state index contributed by atoms with van der Waals surface area (Å²) >= 11 is 1.10. The zero-order valence-electron chi connectivity index (χ0n) is 11.4. The Labute approximate surface area is 125 Å². The topological polar surface area (TPSA) is 109 Å². The molecule has 0 aliphatic heterocycles. The van der Waals surface area contributed by atoms with Crippen LogP contribution in [0.15, 0.2) is 39.1 Å². The molecule has 0 unspecified atom stereocenters. The summed E-state index contributed by atoms with van der Waals surface area (Å²) in [6.45, 7) is 2.00. The number of aryl methyl sites for hydroxylation is 1. The van der Waals surface area contributed by atoms with Crippen molar-refractivity contribution in [1.29, 1.82) is 0 Å². The highest BCUT2D eigenvalue weighted by molar-refractivity contribution is 7.99. The molecule has 0 aliphatic carbocycles. The number of hydrogen-bond donors (Lipinski definition) is 3. The number of carbonyl (C=O) groups is 1. The Kier molecular flexibility index (Phi) is 4.64. The number of anilines is 1. The smallest absolute Gasteiger partial charge is 0.336 e. The molecule has 0 fully saturated rings. The van der Waals surface area contributed by atoms with Gasteiger partial charge in [0.15, 0.2) is 5.16 Å². The molecule has 0 bridgehead atoms. The number of nitrogens with zero attached hydrogens (tertiary/aromatic N) is 1. The second kappa shape index (κ2) is 6.45. The molecule has 21 heavy (non-hydrogen) atoms.